The Hall–Kier alpha value is -2.25. The fourth-order valence-electron chi connectivity index (χ4n) is 4.53. The highest BCUT2D eigenvalue weighted by Crippen LogP contribution is 2.54. The normalized spacial score (nSPS) is 25.9. The predicted molar refractivity (Wildman–Crippen MR) is 109 cm³/mol. The van der Waals surface area contributed by atoms with Gasteiger partial charge in [-0.3, -0.25) is 4.79 Å². The summed E-state index contributed by atoms with van der Waals surface area (Å²) in [6.07, 6.45) is 4.26. The largest absolute Gasteiger partial charge is 0.306 e. The predicted octanol–water partition coefficient (Wildman–Crippen LogP) is 4.14. The zero-order valence-corrected chi connectivity index (χ0v) is 16.6. The monoisotopic (exact) mass is 413 g/mol. The lowest BCUT2D eigenvalue weighted by Crippen LogP contribution is -2.49. The van der Waals surface area contributed by atoms with Gasteiger partial charge in [-0.05, 0) is 68.0 Å². The van der Waals surface area contributed by atoms with Crippen molar-refractivity contribution in [1.82, 2.24) is 10.3 Å². The smallest absolute Gasteiger partial charge is 0.261 e. The minimum absolute atomic E-state index is 0.0986. The third-order valence-corrected chi connectivity index (χ3v) is 7.35. The number of nitrogens with one attached hydrogen (secondary N) is 1. The Kier molecular flexibility index (Phi) is 4.67. The molecule has 1 N–H and O–H groups in total. The van der Waals surface area contributed by atoms with Crippen LogP contribution in [0.1, 0.15) is 42.4 Å². The summed E-state index contributed by atoms with van der Waals surface area (Å²) in [6, 6.07) is 11.1. The molecule has 1 amide bonds. The number of hydrazone groups is 1. The van der Waals surface area contributed by atoms with Gasteiger partial charge in [0.15, 0.2) is 0 Å². The summed E-state index contributed by atoms with van der Waals surface area (Å²) in [4.78, 5) is 12.7. The Morgan fingerprint density at radius 2 is 2.07 bits per heavy atom. The molecule has 7 heteroatoms. The quantitative estimate of drug-likeness (QED) is 0.805. The number of carbonyl (C=O) groups is 1. The molecule has 3 aliphatic rings. The third kappa shape index (κ3) is 3.07. The minimum Gasteiger partial charge on any atom is -0.306 e. The van der Waals surface area contributed by atoms with Gasteiger partial charge in [0.1, 0.15) is 21.5 Å². The number of rotatable bonds is 2. The number of hydrogen-bond donors (Lipinski definition) is 1. The average molecular weight is 413 g/mol. The van der Waals surface area contributed by atoms with E-state index in [-0.39, 0.29) is 17.5 Å². The highest BCUT2D eigenvalue weighted by atomic mass is 32.2. The number of carbonyl (C=O) groups excluding carboxylic acids is 1. The number of amides is 1. The highest BCUT2D eigenvalue weighted by Gasteiger charge is 2.52. The molecule has 0 bridgehead atoms. The molecule has 1 saturated heterocycles. The molecule has 2 aliphatic heterocycles. The molecule has 0 aromatic heterocycles. The SMILES string of the molecule is O=C([C@@H]1CCCN1)N1N=C(c2cc(F)ccc2F)SC12CCCc1ccccc12. The van der Waals surface area contributed by atoms with Crippen molar-refractivity contribution in [3.05, 3.63) is 70.8 Å². The number of halogens is 2. The van der Waals surface area contributed by atoms with Crippen LogP contribution >= 0.6 is 11.8 Å². The van der Waals surface area contributed by atoms with Crippen molar-refractivity contribution in [3.63, 3.8) is 0 Å². The lowest BCUT2D eigenvalue weighted by molar-refractivity contribution is -0.137. The van der Waals surface area contributed by atoms with Gasteiger partial charge in [-0.25, -0.2) is 13.8 Å². The minimum atomic E-state index is -0.718. The van der Waals surface area contributed by atoms with E-state index >= 15 is 0 Å². The first-order valence-corrected chi connectivity index (χ1v) is 10.8. The molecular weight excluding hydrogens is 392 g/mol. The molecule has 0 radical (unpaired) electrons. The molecule has 2 aromatic rings. The number of nitrogens with zero attached hydrogens (tertiary/aromatic N) is 2. The molecule has 2 atom stereocenters. The Morgan fingerprint density at radius 3 is 2.90 bits per heavy atom. The lowest BCUT2D eigenvalue weighted by Gasteiger charge is -2.40. The van der Waals surface area contributed by atoms with Gasteiger partial charge >= 0.3 is 0 Å². The number of thioether (sulfide) groups is 1. The van der Waals surface area contributed by atoms with Crippen molar-refractivity contribution in [1.29, 1.82) is 0 Å². The molecular formula is C22H21F2N3OS. The topological polar surface area (TPSA) is 44.7 Å². The van der Waals surface area contributed by atoms with E-state index in [1.54, 1.807) is 5.01 Å². The molecule has 1 fully saturated rings. The van der Waals surface area contributed by atoms with E-state index < -0.39 is 16.5 Å². The van der Waals surface area contributed by atoms with Crippen molar-refractivity contribution in [2.75, 3.05) is 6.54 Å². The van der Waals surface area contributed by atoms with Gasteiger partial charge in [-0.2, -0.15) is 5.10 Å². The number of aryl methyl sites for hydroxylation is 1. The molecule has 2 aromatic carbocycles. The van der Waals surface area contributed by atoms with Crippen molar-refractivity contribution < 1.29 is 13.6 Å². The lowest BCUT2D eigenvalue weighted by atomic mass is 9.86. The van der Waals surface area contributed by atoms with Gasteiger partial charge in [-0.15, -0.1) is 0 Å². The zero-order chi connectivity index (χ0) is 20.0. The van der Waals surface area contributed by atoms with Gasteiger partial charge in [0.05, 0.1) is 6.04 Å². The third-order valence-electron chi connectivity index (χ3n) is 5.92. The van der Waals surface area contributed by atoms with Crippen molar-refractivity contribution >= 4 is 22.7 Å². The average Bonchev–Trinajstić information content (AvgIpc) is 3.39. The van der Waals surface area contributed by atoms with E-state index in [0.29, 0.717) is 5.04 Å². The maximum Gasteiger partial charge on any atom is 0.261 e. The number of benzene rings is 2. The fraction of sp³-hybridized carbons (Fsp3) is 0.364. The molecule has 5 rings (SSSR count). The van der Waals surface area contributed by atoms with E-state index in [1.807, 2.05) is 18.2 Å². The van der Waals surface area contributed by atoms with E-state index in [2.05, 4.69) is 16.5 Å². The summed E-state index contributed by atoms with van der Waals surface area (Å²) in [5.74, 6) is -1.16. The van der Waals surface area contributed by atoms with Crippen molar-refractivity contribution in [2.45, 2.75) is 43.0 Å². The zero-order valence-electron chi connectivity index (χ0n) is 15.8. The molecule has 2 heterocycles. The van der Waals surface area contributed by atoms with Crippen LogP contribution in [0.3, 0.4) is 0 Å². The van der Waals surface area contributed by atoms with Crippen LogP contribution in [0.2, 0.25) is 0 Å². The van der Waals surface area contributed by atoms with Crippen LogP contribution in [0.25, 0.3) is 0 Å². The van der Waals surface area contributed by atoms with E-state index in [9.17, 15) is 13.6 Å². The van der Waals surface area contributed by atoms with Gasteiger partial charge in [-0.1, -0.05) is 36.0 Å². The first-order valence-electron chi connectivity index (χ1n) is 9.97. The standard InChI is InChI=1S/C22H21F2N3OS/c23-15-9-10-18(24)16(13-15)20-26-27(21(28)19-8-4-12-25-19)22(29-20)11-3-6-14-5-1-2-7-17(14)22/h1-2,5,7,9-10,13,19,25H,3-4,6,8,11-12H2/t19-,22?/m0/s1. The maximum absolute atomic E-state index is 14.5. The van der Waals surface area contributed by atoms with Crippen LogP contribution in [0, 0.1) is 11.6 Å². The molecule has 0 saturated carbocycles. The summed E-state index contributed by atoms with van der Waals surface area (Å²) in [5, 5.41) is 9.75. The summed E-state index contributed by atoms with van der Waals surface area (Å²) in [7, 11) is 0. The Labute approximate surface area is 172 Å². The van der Waals surface area contributed by atoms with E-state index in [4.69, 9.17) is 0 Å². The second-order valence-corrected chi connectivity index (χ2v) is 8.99. The van der Waals surface area contributed by atoms with Crippen LogP contribution in [-0.2, 0) is 16.1 Å². The molecule has 1 spiro atoms. The first kappa shape index (κ1) is 18.8. The van der Waals surface area contributed by atoms with Crippen LogP contribution in [0.4, 0.5) is 8.78 Å². The molecule has 4 nitrogen and oxygen atoms in total. The Morgan fingerprint density at radius 1 is 1.21 bits per heavy atom. The molecule has 29 heavy (non-hydrogen) atoms. The van der Waals surface area contributed by atoms with Crippen molar-refractivity contribution in [3.8, 4) is 0 Å². The van der Waals surface area contributed by atoms with E-state index in [1.165, 1.54) is 17.3 Å². The second kappa shape index (κ2) is 7.22. The van der Waals surface area contributed by atoms with Crippen LogP contribution < -0.4 is 5.32 Å². The molecule has 150 valence electrons. The Bertz CT molecular complexity index is 1010. The van der Waals surface area contributed by atoms with Gasteiger partial charge in [0.25, 0.3) is 5.91 Å². The fourth-order valence-corrected chi connectivity index (χ4v) is 6.02. The highest BCUT2D eigenvalue weighted by molar-refractivity contribution is 8.15. The van der Waals surface area contributed by atoms with Gasteiger partial charge in [0.2, 0.25) is 0 Å². The van der Waals surface area contributed by atoms with Crippen molar-refractivity contribution in [2.24, 2.45) is 5.10 Å². The van der Waals surface area contributed by atoms with Crippen LogP contribution in [-0.4, -0.2) is 28.5 Å². The van der Waals surface area contributed by atoms with Gasteiger partial charge < -0.3 is 5.32 Å². The van der Waals surface area contributed by atoms with Gasteiger partial charge in [0, 0.05) is 5.56 Å². The first-order chi connectivity index (χ1) is 14.1. The summed E-state index contributed by atoms with van der Waals surface area (Å²) >= 11 is 1.37. The molecule has 1 aliphatic carbocycles. The van der Waals surface area contributed by atoms with Crippen LogP contribution in [0.5, 0.6) is 0 Å². The second-order valence-electron chi connectivity index (χ2n) is 7.73. The number of hydrogen-bond acceptors (Lipinski definition) is 4. The summed E-state index contributed by atoms with van der Waals surface area (Å²) in [6.45, 7) is 0.802. The molecule has 1 unspecified atom stereocenters. The van der Waals surface area contributed by atoms with Crippen LogP contribution in [0.15, 0.2) is 47.6 Å². The van der Waals surface area contributed by atoms with E-state index in [0.717, 1.165) is 62.4 Å². The summed E-state index contributed by atoms with van der Waals surface area (Å²) < 4.78 is 28.4. The Balaban J connectivity index is 1.63. The maximum atomic E-state index is 14.5. The summed E-state index contributed by atoms with van der Waals surface area (Å²) in [5.41, 5.74) is 2.32. The number of fused-ring (bicyclic) bond motifs is 2.